The molecule has 0 aliphatic rings. The predicted octanol–water partition coefficient (Wildman–Crippen LogP) is 2.85. The molecule has 0 bridgehead atoms. The Kier molecular flexibility index (Phi) is 5.57. The maximum Gasteiger partial charge on any atom is 0.161 e. The Bertz CT molecular complexity index is 382. The molecule has 1 aromatic rings. The second-order valence-corrected chi connectivity index (χ2v) is 4.15. The van der Waals surface area contributed by atoms with Crippen LogP contribution in [0.25, 0.3) is 0 Å². The molecule has 3 heteroatoms. The van der Waals surface area contributed by atoms with E-state index in [1.807, 2.05) is 19.1 Å². The van der Waals surface area contributed by atoms with Crippen LogP contribution in [0.3, 0.4) is 0 Å². The third-order valence-electron chi connectivity index (χ3n) is 2.31. The Hall–Kier alpha value is -1.48. The van der Waals surface area contributed by atoms with Gasteiger partial charge in [-0.05, 0) is 38.5 Å². The number of rotatable bonds is 6. The van der Waals surface area contributed by atoms with Gasteiger partial charge in [-0.15, -0.1) is 0 Å². The average Bonchev–Trinajstić information content (AvgIpc) is 2.28. The first-order chi connectivity index (χ1) is 8.13. The van der Waals surface area contributed by atoms with Gasteiger partial charge >= 0.3 is 0 Å². The van der Waals surface area contributed by atoms with Crippen LogP contribution in [0.2, 0.25) is 0 Å². The van der Waals surface area contributed by atoms with Crippen molar-refractivity contribution >= 4 is 0 Å². The van der Waals surface area contributed by atoms with Crippen LogP contribution in [0.4, 0.5) is 0 Å². The summed E-state index contributed by atoms with van der Waals surface area (Å²) in [5.74, 6) is 0.744. The Balaban J connectivity index is 2.54. The van der Waals surface area contributed by atoms with Gasteiger partial charge in [-0.3, -0.25) is 0 Å². The lowest BCUT2D eigenvalue weighted by molar-refractivity contribution is 0.317. The molecular weight excluding hydrogens is 214 g/mol. The minimum atomic E-state index is 0.194. The molecule has 0 atom stereocenters. The van der Waals surface area contributed by atoms with Crippen molar-refractivity contribution in [3.63, 3.8) is 0 Å². The first kappa shape index (κ1) is 13.6. The topological polar surface area (TPSA) is 41.5 Å². The van der Waals surface area contributed by atoms with Gasteiger partial charge in [0, 0.05) is 13.1 Å². The fourth-order valence-corrected chi connectivity index (χ4v) is 1.43. The van der Waals surface area contributed by atoms with Crippen molar-refractivity contribution in [3.05, 3.63) is 35.4 Å². The lowest BCUT2D eigenvalue weighted by atomic mass is 10.2. The average molecular weight is 235 g/mol. The van der Waals surface area contributed by atoms with Gasteiger partial charge in [-0.25, -0.2) is 0 Å². The number of phenolic OH excluding ortho intramolecular Hbond substituents is 1. The zero-order chi connectivity index (χ0) is 12.7. The molecule has 17 heavy (non-hydrogen) atoms. The number of hydrogen-bond acceptors (Lipinski definition) is 3. The monoisotopic (exact) mass is 235 g/mol. The number of phenols is 1. The van der Waals surface area contributed by atoms with Crippen LogP contribution in [0.5, 0.6) is 11.5 Å². The van der Waals surface area contributed by atoms with Crippen LogP contribution in [-0.4, -0.2) is 18.3 Å². The molecule has 0 saturated heterocycles. The minimum absolute atomic E-state index is 0.194. The molecule has 1 aromatic carbocycles. The Morgan fingerprint density at radius 2 is 2.18 bits per heavy atom. The highest BCUT2D eigenvalue weighted by molar-refractivity contribution is 5.41. The van der Waals surface area contributed by atoms with E-state index >= 15 is 0 Å². The number of allylic oxidation sites excluding steroid dienone is 1. The van der Waals surface area contributed by atoms with E-state index in [0.717, 1.165) is 18.7 Å². The highest BCUT2D eigenvalue weighted by Gasteiger charge is 2.02. The molecule has 0 aliphatic carbocycles. The summed E-state index contributed by atoms with van der Waals surface area (Å²) in [7, 11) is 0. The lowest BCUT2D eigenvalue weighted by Crippen LogP contribution is -2.13. The zero-order valence-corrected chi connectivity index (χ0v) is 10.8. The second-order valence-electron chi connectivity index (χ2n) is 4.15. The molecule has 1 rings (SSSR count). The molecule has 0 fully saturated rings. The van der Waals surface area contributed by atoms with Crippen LogP contribution in [-0.2, 0) is 6.54 Å². The summed E-state index contributed by atoms with van der Waals surface area (Å²) in [5, 5.41) is 12.9. The fraction of sp³-hybridized carbons (Fsp3) is 0.429. The van der Waals surface area contributed by atoms with Gasteiger partial charge in [0.1, 0.15) is 0 Å². The first-order valence-corrected chi connectivity index (χ1v) is 5.92. The number of benzene rings is 1. The first-order valence-electron chi connectivity index (χ1n) is 5.92. The molecule has 0 saturated carbocycles. The van der Waals surface area contributed by atoms with E-state index in [9.17, 15) is 5.11 Å². The van der Waals surface area contributed by atoms with Gasteiger partial charge in [-0.1, -0.05) is 17.7 Å². The summed E-state index contributed by atoms with van der Waals surface area (Å²) >= 11 is 0. The summed E-state index contributed by atoms with van der Waals surface area (Å²) in [6.07, 6.45) is 2.14. The van der Waals surface area contributed by atoms with Gasteiger partial charge in [0.05, 0.1) is 6.61 Å². The largest absolute Gasteiger partial charge is 0.504 e. The summed E-state index contributed by atoms with van der Waals surface area (Å²) in [6.45, 7) is 8.24. The summed E-state index contributed by atoms with van der Waals surface area (Å²) in [5.41, 5.74) is 2.41. The van der Waals surface area contributed by atoms with Gasteiger partial charge < -0.3 is 15.2 Å². The molecular formula is C14H21NO2. The highest BCUT2D eigenvalue weighted by atomic mass is 16.5. The van der Waals surface area contributed by atoms with Crippen molar-refractivity contribution in [2.45, 2.75) is 27.3 Å². The number of aromatic hydroxyl groups is 1. The van der Waals surface area contributed by atoms with Crippen LogP contribution in [0.1, 0.15) is 26.3 Å². The molecule has 94 valence electrons. The van der Waals surface area contributed by atoms with E-state index in [2.05, 4.69) is 25.2 Å². The zero-order valence-electron chi connectivity index (χ0n) is 10.8. The predicted molar refractivity (Wildman–Crippen MR) is 70.4 cm³/mol. The van der Waals surface area contributed by atoms with Crippen molar-refractivity contribution in [1.82, 2.24) is 5.32 Å². The van der Waals surface area contributed by atoms with E-state index in [1.165, 1.54) is 5.57 Å². The smallest absolute Gasteiger partial charge is 0.161 e. The highest BCUT2D eigenvalue weighted by Crippen LogP contribution is 2.26. The van der Waals surface area contributed by atoms with E-state index in [4.69, 9.17) is 4.74 Å². The second kappa shape index (κ2) is 6.97. The number of nitrogens with one attached hydrogen (secondary N) is 1. The van der Waals surface area contributed by atoms with Gasteiger partial charge in [0.25, 0.3) is 0 Å². The Labute approximate surface area is 103 Å². The van der Waals surface area contributed by atoms with E-state index < -0.39 is 0 Å². The standard InChI is InChI=1S/C14H21NO2/c1-4-17-14-9-12(5-6-13(14)16)10-15-8-7-11(2)3/h5-7,9,15-16H,4,8,10H2,1-3H3. The van der Waals surface area contributed by atoms with E-state index in [0.29, 0.717) is 12.4 Å². The molecule has 3 nitrogen and oxygen atoms in total. The summed E-state index contributed by atoms with van der Waals surface area (Å²) in [6, 6.07) is 5.44. The molecule has 0 aliphatic heterocycles. The van der Waals surface area contributed by atoms with Crippen molar-refractivity contribution in [2.75, 3.05) is 13.2 Å². The maximum absolute atomic E-state index is 9.56. The third kappa shape index (κ3) is 4.91. The third-order valence-corrected chi connectivity index (χ3v) is 2.31. The lowest BCUT2D eigenvalue weighted by Gasteiger charge is -2.08. The molecule has 0 spiro atoms. The van der Waals surface area contributed by atoms with Crippen molar-refractivity contribution in [1.29, 1.82) is 0 Å². The normalized spacial score (nSPS) is 10.1. The number of hydrogen-bond donors (Lipinski definition) is 2. The van der Waals surface area contributed by atoms with Crippen molar-refractivity contribution in [3.8, 4) is 11.5 Å². The fourth-order valence-electron chi connectivity index (χ4n) is 1.43. The molecule has 0 radical (unpaired) electrons. The summed E-state index contributed by atoms with van der Waals surface area (Å²) in [4.78, 5) is 0. The number of ether oxygens (including phenoxy) is 1. The van der Waals surface area contributed by atoms with Crippen LogP contribution in [0.15, 0.2) is 29.8 Å². The Morgan fingerprint density at radius 1 is 1.41 bits per heavy atom. The van der Waals surface area contributed by atoms with Crippen LogP contribution in [0, 0.1) is 0 Å². The van der Waals surface area contributed by atoms with E-state index in [1.54, 1.807) is 6.07 Å². The molecule has 0 unspecified atom stereocenters. The quantitative estimate of drug-likeness (QED) is 0.588. The van der Waals surface area contributed by atoms with Crippen molar-refractivity contribution < 1.29 is 9.84 Å². The van der Waals surface area contributed by atoms with Gasteiger partial charge in [-0.2, -0.15) is 0 Å². The van der Waals surface area contributed by atoms with E-state index in [-0.39, 0.29) is 5.75 Å². The van der Waals surface area contributed by atoms with Crippen LogP contribution < -0.4 is 10.1 Å². The molecule has 0 amide bonds. The SMILES string of the molecule is CCOc1cc(CNCC=C(C)C)ccc1O. The Morgan fingerprint density at radius 3 is 2.82 bits per heavy atom. The van der Waals surface area contributed by atoms with Crippen molar-refractivity contribution in [2.24, 2.45) is 0 Å². The molecule has 0 heterocycles. The molecule has 0 aromatic heterocycles. The van der Waals surface area contributed by atoms with Crippen LogP contribution >= 0.6 is 0 Å². The van der Waals surface area contributed by atoms with Gasteiger partial charge in [0.15, 0.2) is 11.5 Å². The summed E-state index contributed by atoms with van der Waals surface area (Å²) < 4.78 is 5.33. The minimum Gasteiger partial charge on any atom is -0.504 e. The maximum atomic E-state index is 9.56. The molecule has 2 N–H and O–H groups in total. The van der Waals surface area contributed by atoms with Gasteiger partial charge in [0.2, 0.25) is 0 Å².